The van der Waals surface area contributed by atoms with Gasteiger partial charge in [-0.15, -0.1) is 0 Å². The molecular weight excluding hydrogens is 741 g/mol. The summed E-state index contributed by atoms with van der Waals surface area (Å²) in [4.78, 5) is 26.3. The summed E-state index contributed by atoms with van der Waals surface area (Å²) in [7, 11) is 0. The Morgan fingerprint density at radius 2 is 0.978 bits per heavy atom. The number of carbonyl (C=O) groups excluding carboxylic acids is 2. The van der Waals surface area contributed by atoms with Crippen LogP contribution in [0.3, 0.4) is 0 Å². The molecule has 2 unspecified atom stereocenters. The van der Waals surface area contributed by atoms with Crippen LogP contribution in [0.1, 0.15) is 55.2 Å². The van der Waals surface area contributed by atoms with Crippen molar-refractivity contribution in [3.05, 3.63) is 174 Å². The Hall–Kier alpha value is -3.30. The highest BCUT2D eigenvalue weighted by Gasteiger charge is 2.34. The summed E-state index contributed by atoms with van der Waals surface area (Å²) in [5.41, 5.74) is 4.51. The Labute approximate surface area is 288 Å². The maximum atomic E-state index is 12.5. The summed E-state index contributed by atoms with van der Waals surface area (Å²) in [6, 6.07) is 37.0. The summed E-state index contributed by atoms with van der Waals surface area (Å²) in [6.45, 7) is 0.405. The maximum absolute atomic E-state index is 12.5. The zero-order valence-corrected chi connectivity index (χ0v) is 28.4. The smallest absolute Gasteiger partial charge is 0.261 e. The van der Waals surface area contributed by atoms with Gasteiger partial charge >= 0.3 is 0 Å². The number of nitrogens with zero attached hydrogens (tertiary/aromatic N) is 1. The molecule has 1 aliphatic rings. The summed E-state index contributed by atoms with van der Waals surface area (Å²) in [5.74, 6) is -0.554. The van der Waals surface area contributed by atoms with Crippen LogP contribution >= 0.6 is 55.1 Å². The average molecular weight is 768 g/mol. The molecule has 2 atom stereocenters. The van der Waals surface area contributed by atoms with Gasteiger partial charge in [0.25, 0.3) is 11.8 Å². The number of imide groups is 1. The zero-order chi connectivity index (χ0) is 31.9. The predicted molar refractivity (Wildman–Crippen MR) is 185 cm³/mol. The van der Waals surface area contributed by atoms with Crippen LogP contribution in [0.15, 0.2) is 130 Å². The van der Waals surface area contributed by atoms with E-state index in [1.165, 1.54) is 4.90 Å². The third-order valence-electron chi connectivity index (χ3n) is 7.19. The van der Waals surface area contributed by atoms with Gasteiger partial charge in [0.2, 0.25) is 0 Å². The van der Waals surface area contributed by atoms with E-state index >= 15 is 0 Å². The lowest BCUT2D eigenvalue weighted by atomic mass is 10.0. The average Bonchev–Trinajstić information content (AvgIpc) is 3.30. The molecule has 6 rings (SSSR count). The Balaban J connectivity index is 0.000000211. The second-order valence-corrected chi connectivity index (χ2v) is 12.9. The molecule has 5 aromatic rings. The molecule has 0 fully saturated rings. The molecule has 1 heterocycles. The minimum Gasteiger partial charge on any atom is -0.384 e. The van der Waals surface area contributed by atoms with Gasteiger partial charge in [0.15, 0.2) is 0 Å². The number of ether oxygens (including phenoxy) is 1. The van der Waals surface area contributed by atoms with E-state index in [-0.39, 0.29) is 31.1 Å². The molecule has 5 nitrogen and oxygen atoms in total. The van der Waals surface area contributed by atoms with Gasteiger partial charge in [-0.25, -0.2) is 0 Å². The van der Waals surface area contributed by atoms with E-state index in [2.05, 4.69) is 31.9 Å². The van der Waals surface area contributed by atoms with Gasteiger partial charge in [-0.3, -0.25) is 14.5 Å². The fourth-order valence-corrected chi connectivity index (χ4v) is 5.63. The van der Waals surface area contributed by atoms with Crippen LogP contribution in [0, 0.1) is 0 Å². The minimum atomic E-state index is -0.606. The summed E-state index contributed by atoms with van der Waals surface area (Å²) in [6.07, 6.45) is -0.944. The first-order valence-corrected chi connectivity index (χ1v) is 16.3. The number of rotatable bonds is 8. The Morgan fingerprint density at radius 3 is 1.42 bits per heavy atom. The molecule has 9 heteroatoms. The summed E-state index contributed by atoms with van der Waals surface area (Å²) >= 11 is 18.6. The SMILES string of the molecule is O=C1c2ccccc2C(=O)N1CCOC(c1ccc(Cl)cc1)c1ccc(Br)cc1.OC(c1ccc(Cl)cc1)c1ccc(Br)cc1. The molecule has 0 spiro atoms. The van der Waals surface area contributed by atoms with Crippen LogP contribution in [-0.4, -0.2) is 35.0 Å². The molecule has 0 aromatic heterocycles. The van der Waals surface area contributed by atoms with Crippen LogP contribution in [0.25, 0.3) is 0 Å². The summed E-state index contributed by atoms with van der Waals surface area (Å²) in [5, 5.41) is 11.4. The van der Waals surface area contributed by atoms with Gasteiger partial charge in [0.1, 0.15) is 12.2 Å². The van der Waals surface area contributed by atoms with Crippen LogP contribution < -0.4 is 0 Å². The van der Waals surface area contributed by atoms with Crippen LogP contribution in [-0.2, 0) is 4.74 Å². The van der Waals surface area contributed by atoms with Crippen molar-refractivity contribution in [2.24, 2.45) is 0 Å². The lowest BCUT2D eigenvalue weighted by molar-refractivity contribution is 0.0453. The fraction of sp³-hybridized carbons (Fsp3) is 0.111. The number of benzene rings is 5. The second-order valence-electron chi connectivity index (χ2n) is 10.2. The number of hydrogen-bond acceptors (Lipinski definition) is 4. The number of carbonyl (C=O) groups is 2. The lowest BCUT2D eigenvalue weighted by Gasteiger charge is -2.21. The first-order valence-electron chi connectivity index (χ1n) is 14.0. The number of aliphatic hydroxyl groups excluding tert-OH is 1. The van der Waals surface area contributed by atoms with E-state index in [1.54, 1.807) is 36.4 Å². The Bertz CT molecular complexity index is 1640. The quantitative estimate of drug-likeness (QED) is 0.160. The molecule has 0 saturated heterocycles. The van der Waals surface area contributed by atoms with Crippen molar-refractivity contribution in [2.45, 2.75) is 12.2 Å². The zero-order valence-electron chi connectivity index (χ0n) is 23.7. The van der Waals surface area contributed by atoms with Crippen molar-refractivity contribution in [1.82, 2.24) is 4.90 Å². The molecule has 2 amide bonds. The number of fused-ring (bicyclic) bond motifs is 1. The first-order chi connectivity index (χ1) is 21.7. The van der Waals surface area contributed by atoms with E-state index in [0.29, 0.717) is 21.2 Å². The van der Waals surface area contributed by atoms with E-state index in [1.807, 2.05) is 84.9 Å². The van der Waals surface area contributed by atoms with Gasteiger partial charge in [-0.05, 0) is 82.9 Å². The lowest BCUT2D eigenvalue weighted by Crippen LogP contribution is -2.33. The van der Waals surface area contributed by atoms with Crippen molar-refractivity contribution < 1.29 is 19.4 Å². The fourth-order valence-electron chi connectivity index (χ4n) is 4.85. The Morgan fingerprint density at radius 1 is 0.600 bits per heavy atom. The largest absolute Gasteiger partial charge is 0.384 e. The van der Waals surface area contributed by atoms with Crippen molar-refractivity contribution >= 4 is 66.9 Å². The molecule has 228 valence electrons. The monoisotopic (exact) mass is 765 g/mol. The first kappa shape index (κ1) is 33.1. The van der Waals surface area contributed by atoms with Gasteiger partial charge in [0, 0.05) is 19.0 Å². The highest BCUT2D eigenvalue weighted by atomic mass is 79.9. The topological polar surface area (TPSA) is 66.8 Å². The predicted octanol–water partition coefficient (Wildman–Crippen LogP) is 9.69. The number of hydrogen-bond donors (Lipinski definition) is 1. The Kier molecular flexibility index (Phi) is 11.3. The van der Waals surface area contributed by atoms with E-state index in [9.17, 15) is 14.7 Å². The minimum absolute atomic E-state index is 0.187. The molecule has 1 aliphatic heterocycles. The van der Waals surface area contributed by atoms with Crippen molar-refractivity contribution in [3.8, 4) is 0 Å². The molecular formula is C36H27Br2Cl2NO4. The molecule has 0 aliphatic carbocycles. The van der Waals surface area contributed by atoms with Crippen molar-refractivity contribution in [1.29, 1.82) is 0 Å². The van der Waals surface area contributed by atoms with Gasteiger partial charge < -0.3 is 9.84 Å². The molecule has 0 bridgehead atoms. The highest BCUT2D eigenvalue weighted by molar-refractivity contribution is 9.10. The van der Waals surface area contributed by atoms with E-state index in [4.69, 9.17) is 27.9 Å². The summed E-state index contributed by atoms with van der Waals surface area (Å²) < 4.78 is 8.12. The van der Waals surface area contributed by atoms with Crippen molar-refractivity contribution in [3.63, 3.8) is 0 Å². The number of aliphatic hydroxyl groups is 1. The highest BCUT2D eigenvalue weighted by Crippen LogP contribution is 2.29. The molecule has 5 aromatic carbocycles. The van der Waals surface area contributed by atoms with Gasteiger partial charge in [0.05, 0.1) is 24.3 Å². The third kappa shape index (κ3) is 8.30. The van der Waals surface area contributed by atoms with Crippen LogP contribution in [0.2, 0.25) is 10.0 Å². The standard InChI is InChI=1S/C23H17BrClNO3.C13H10BrClO/c24-17-9-5-15(6-10-17)21(16-7-11-18(25)12-8-16)29-14-13-26-22(27)19-3-1-2-4-20(19)23(26)28;14-11-5-1-9(2-6-11)13(16)10-3-7-12(15)8-4-10/h1-12,21H,13-14H2;1-8,13,16H. The normalized spacial score (nSPS) is 13.6. The van der Waals surface area contributed by atoms with Crippen molar-refractivity contribution in [2.75, 3.05) is 13.2 Å². The van der Waals surface area contributed by atoms with Gasteiger partial charge in [-0.2, -0.15) is 0 Å². The van der Waals surface area contributed by atoms with Crippen LogP contribution in [0.4, 0.5) is 0 Å². The maximum Gasteiger partial charge on any atom is 0.261 e. The number of halogens is 4. The number of amides is 2. The molecule has 0 saturated carbocycles. The molecule has 0 radical (unpaired) electrons. The van der Waals surface area contributed by atoms with E-state index in [0.717, 1.165) is 31.2 Å². The third-order valence-corrected chi connectivity index (χ3v) is 8.76. The van der Waals surface area contributed by atoms with Gasteiger partial charge in [-0.1, -0.05) is 116 Å². The van der Waals surface area contributed by atoms with Crippen LogP contribution in [0.5, 0.6) is 0 Å². The second kappa shape index (κ2) is 15.3. The van der Waals surface area contributed by atoms with E-state index < -0.39 is 6.10 Å². The molecule has 1 N–H and O–H groups in total. The molecule has 45 heavy (non-hydrogen) atoms.